The molecule has 4 rings (SSSR count). The summed E-state index contributed by atoms with van der Waals surface area (Å²) in [4.78, 5) is 22.5. The molecule has 0 aliphatic carbocycles. The summed E-state index contributed by atoms with van der Waals surface area (Å²) in [5.41, 5.74) is 2.98. The summed E-state index contributed by atoms with van der Waals surface area (Å²) in [6, 6.07) is 11.3. The Morgan fingerprint density at radius 2 is 1.70 bits per heavy atom. The van der Waals surface area contributed by atoms with Gasteiger partial charge in [-0.15, -0.1) is 0 Å². The van der Waals surface area contributed by atoms with Gasteiger partial charge in [-0.3, -0.25) is 9.69 Å². The van der Waals surface area contributed by atoms with Gasteiger partial charge in [0, 0.05) is 37.4 Å². The molecular formula is C24H35N5O. The van der Waals surface area contributed by atoms with Gasteiger partial charge >= 0.3 is 0 Å². The maximum Gasteiger partial charge on any atom is 0.271 e. The smallest absolute Gasteiger partial charge is 0.271 e. The number of amides is 1. The number of nitrogens with one attached hydrogen (secondary N) is 1. The molecule has 0 spiro atoms. The van der Waals surface area contributed by atoms with Crippen LogP contribution in [0.25, 0.3) is 0 Å². The third-order valence-corrected chi connectivity index (χ3v) is 6.77. The van der Waals surface area contributed by atoms with E-state index < -0.39 is 0 Å². The fourth-order valence-electron chi connectivity index (χ4n) is 4.99. The molecule has 6 heteroatoms. The Morgan fingerprint density at radius 3 is 2.37 bits per heavy atom. The van der Waals surface area contributed by atoms with Gasteiger partial charge in [0.25, 0.3) is 5.91 Å². The number of carbonyl (C=O) groups is 1. The predicted octanol–water partition coefficient (Wildman–Crippen LogP) is 3.16. The van der Waals surface area contributed by atoms with Crippen LogP contribution in [0, 0.1) is 13.8 Å². The van der Waals surface area contributed by atoms with Crippen LogP contribution in [0.1, 0.15) is 59.3 Å². The molecular weight excluding hydrogens is 374 g/mol. The van der Waals surface area contributed by atoms with Gasteiger partial charge in [-0.05, 0) is 65.2 Å². The van der Waals surface area contributed by atoms with Gasteiger partial charge < -0.3 is 14.8 Å². The second-order valence-electron chi connectivity index (χ2n) is 9.01. The maximum absolute atomic E-state index is 13.0. The summed E-state index contributed by atoms with van der Waals surface area (Å²) in [6.07, 6.45) is 4.23. The van der Waals surface area contributed by atoms with Crippen LogP contribution in [0.5, 0.6) is 0 Å². The molecule has 1 aromatic heterocycles. The number of hydrogen-bond acceptors (Lipinski definition) is 4. The number of nitrogens with zero attached hydrogens (tertiary/aromatic N) is 4. The van der Waals surface area contributed by atoms with Gasteiger partial charge in [-0.2, -0.15) is 0 Å². The van der Waals surface area contributed by atoms with Crippen molar-refractivity contribution >= 4 is 5.91 Å². The van der Waals surface area contributed by atoms with E-state index in [-0.39, 0.29) is 11.9 Å². The molecule has 1 N–H and O–H groups in total. The zero-order valence-corrected chi connectivity index (χ0v) is 18.6. The van der Waals surface area contributed by atoms with E-state index in [9.17, 15) is 4.79 Å². The van der Waals surface area contributed by atoms with Crippen molar-refractivity contribution in [1.29, 1.82) is 0 Å². The third kappa shape index (κ3) is 4.76. The van der Waals surface area contributed by atoms with E-state index in [0.29, 0.717) is 11.7 Å². The first-order valence-electron chi connectivity index (χ1n) is 11.3. The number of aromatic nitrogens is 2. The maximum atomic E-state index is 13.0. The highest BCUT2D eigenvalue weighted by Gasteiger charge is 2.27. The van der Waals surface area contributed by atoms with Crippen LogP contribution in [0.15, 0.2) is 30.3 Å². The number of piperidine rings is 2. The number of rotatable bonds is 5. The van der Waals surface area contributed by atoms with E-state index in [0.717, 1.165) is 69.9 Å². The molecule has 0 atom stereocenters. The highest BCUT2D eigenvalue weighted by Crippen LogP contribution is 2.26. The SMILES string of the molecule is Cc1nc(C(=O)NC2CCN(Cc3ccccc3)CC2)c(C)n1C1CCN(C)CC1. The van der Waals surface area contributed by atoms with E-state index in [1.54, 1.807) is 0 Å². The summed E-state index contributed by atoms with van der Waals surface area (Å²) >= 11 is 0. The third-order valence-electron chi connectivity index (χ3n) is 6.77. The van der Waals surface area contributed by atoms with Crippen LogP contribution in [-0.4, -0.2) is 64.5 Å². The molecule has 0 bridgehead atoms. The normalized spacial score (nSPS) is 19.8. The average Bonchev–Trinajstić information content (AvgIpc) is 3.05. The number of carbonyl (C=O) groups excluding carboxylic acids is 1. The van der Waals surface area contributed by atoms with Gasteiger partial charge in [0.05, 0.1) is 0 Å². The molecule has 162 valence electrons. The van der Waals surface area contributed by atoms with Crippen molar-refractivity contribution in [3.63, 3.8) is 0 Å². The lowest BCUT2D eigenvalue weighted by molar-refractivity contribution is 0.0903. The number of hydrogen-bond donors (Lipinski definition) is 1. The van der Waals surface area contributed by atoms with Crippen molar-refractivity contribution in [2.45, 2.75) is 58.2 Å². The van der Waals surface area contributed by atoms with E-state index in [1.165, 1.54) is 5.56 Å². The largest absolute Gasteiger partial charge is 0.348 e. The Labute approximate surface area is 180 Å². The van der Waals surface area contributed by atoms with Gasteiger partial charge in [0.1, 0.15) is 11.5 Å². The Morgan fingerprint density at radius 1 is 1.03 bits per heavy atom. The second kappa shape index (κ2) is 9.31. The Kier molecular flexibility index (Phi) is 6.54. The van der Waals surface area contributed by atoms with Crippen molar-refractivity contribution in [1.82, 2.24) is 24.7 Å². The van der Waals surface area contributed by atoms with Crippen molar-refractivity contribution in [2.75, 3.05) is 33.2 Å². The molecule has 6 nitrogen and oxygen atoms in total. The molecule has 2 aliphatic rings. The summed E-state index contributed by atoms with van der Waals surface area (Å²) in [5.74, 6) is 0.952. The summed E-state index contributed by atoms with van der Waals surface area (Å²) in [7, 11) is 2.17. The standard InChI is InChI=1S/C24H35N5O/c1-18-23(25-19(2)29(18)22-11-13-27(3)14-12-22)24(30)26-21-9-15-28(16-10-21)17-20-7-5-4-6-8-20/h4-8,21-22H,9-17H2,1-3H3,(H,26,30). The Hall–Kier alpha value is -2.18. The lowest BCUT2D eigenvalue weighted by Crippen LogP contribution is -2.44. The minimum Gasteiger partial charge on any atom is -0.348 e. The van der Waals surface area contributed by atoms with E-state index in [4.69, 9.17) is 0 Å². The van der Waals surface area contributed by atoms with E-state index in [1.807, 2.05) is 6.92 Å². The predicted molar refractivity (Wildman–Crippen MR) is 120 cm³/mol. The summed E-state index contributed by atoms with van der Waals surface area (Å²) < 4.78 is 2.30. The molecule has 2 aliphatic heterocycles. The van der Waals surface area contributed by atoms with E-state index in [2.05, 4.69) is 69.0 Å². The van der Waals surface area contributed by atoms with Gasteiger partial charge in [0.15, 0.2) is 0 Å². The topological polar surface area (TPSA) is 53.4 Å². The first-order valence-corrected chi connectivity index (χ1v) is 11.3. The highest BCUT2D eigenvalue weighted by atomic mass is 16.2. The number of benzene rings is 1. The van der Waals surface area contributed by atoms with Crippen LogP contribution >= 0.6 is 0 Å². The lowest BCUT2D eigenvalue weighted by Gasteiger charge is -2.32. The monoisotopic (exact) mass is 409 g/mol. The van der Waals surface area contributed by atoms with Crippen LogP contribution in [0.4, 0.5) is 0 Å². The second-order valence-corrected chi connectivity index (χ2v) is 9.01. The summed E-state index contributed by atoms with van der Waals surface area (Å²) in [5, 5.41) is 3.26. The zero-order valence-electron chi connectivity index (χ0n) is 18.6. The number of aryl methyl sites for hydroxylation is 1. The average molecular weight is 410 g/mol. The van der Waals surface area contributed by atoms with Crippen molar-refractivity contribution < 1.29 is 4.79 Å². The molecule has 2 aromatic rings. The molecule has 2 saturated heterocycles. The quantitative estimate of drug-likeness (QED) is 0.824. The van der Waals surface area contributed by atoms with Gasteiger partial charge in [-0.25, -0.2) is 4.98 Å². The van der Waals surface area contributed by atoms with Crippen molar-refractivity contribution in [3.8, 4) is 0 Å². The zero-order chi connectivity index (χ0) is 21.1. The molecule has 2 fully saturated rings. The van der Waals surface area contributed by atoms with Crippen LogP contribution in [0.3, 0.4) is 0 Å². The number of imidazole rings is 1. The van der Waals surface area contributed by atoms with Crippen molar-refractivity contribution in [2.24, 2.45) is 0 Å². The van der Waals surface area contributed by atoms with Crippen LogP contribution in [-0.2, 0) is 6.54 Å². The van der Waals surface area contributed by atoms with Gasteiger partial charge in [-0.1, -0.05) is 30.3 Å². The summed E-state index contributed by atoms with van der Waals surface area (Å²) in [6.45, 7) is 9.31. The lowest BCUT2D eigenvalue weighted by atomic mass is 10.0. The molecule has 0 radical (unpaired) electrons. The minimum atomic E-state index is -0.0104. The fourth-order valence-corrected chi connectivity index (χ4v) is 4.99. The molecule has 1 amide bonds. The first kappa shape index (κ1) is 21.1. The van der Waals surface area contributed by atoms with E-state index >= 15 is 0 Å². The minimum absolute atomic E-state index is 0.0104. The van der Waals surface area contributed by atoms with Crippen LogP contribution < -0.4 is 5.32 Å². The number of likely N-dealkylation sites (tertiary alicyclic amines) is 2. The molecule has 0 saturated carbocycles. The molecule has 30 heavy (non-hydrogen) atoms. The Balaban J connectivity index is 1.33. The molecule has 0 unspecified atom stereocenters. The van der Waals surface area contributed by atoms with Crippen LogP contribution in [0.2, 0.25) is 0 Å². The van der Waals surface area contributed by atoms with Crippen molar-refractivity contribution in [3.05, 3.63) is 53.1 Å². The highest BCUT2D eigenvalue weighted by molar-refractivity contribution is 5.93. The Bertz CT molecular complexity index is 846. The fraction of sp³-hybridized carbons (Fsp3) is 0.583. The molecule has 1 aromatic carbocycles. The molecule has 3 heterocycles. The van der Waals surface area contributed by atoms with Gasteiger partial charge in [0.2, 0.25) is 0 Å². The first-order chi connectivity index (χ1) is 14.5.